The van der Waals surface area contributed by atoms with Gasteiger partial charge in [0.25, 0.3) is 0 Å². The number of hydrogen-bond acceptors (Lipinski definition) is 5. The fourth-order valence-electron chi connectivity index (χ4n) is 4.28. The van der Waals surface area contributed by atoms with Crippen LogP contribution in [0.25, 0.3) is 0 Å². The van der Waals surface area contributed by atoms with Crippen molar-refractivity contribution in [3.8, 4) is 5.75 Å². The number of rotatable bonds is 7. The Morgan fingerprint density at radius 2 is 1.77 bits per heavy atom. The summed E-state index contributed by atoms with van der Waals surface area (Å²) in [6.07, 6.45) is 0.130. The van der Waals surface area contributed by atoms with Gasteiger partial charge in [0.15, 0.2) is 0 Å². The van der Waals surface area contributed by atoms with Crippen LogP contribution in [0, 0.1) is 0 Å². The Labute approximate surface area is 185 Å². The lowest BCUT2D eigenvalue weighted by Gasteiger charge is -2.37. The minimum absolute atomic E-state index is 0.0350. The SMILES string of the molecule is COc1ccc(CC(O)CN2CCN(c3ccccc3C(=O)O)CC2)c(C(C)(C)C)c1. The van der Waals surface area contributed by atoms with Crippen LogP contribution in [-0.4, -0.2) is 67.0 Å². The molecular formula is C25H34N2O4. The maximum absolute atomic E-state index is 11.5. The van der Waals surface area contributed by atoms with Gasteiger partial charge in [0.05, 0.1) is 24.5 Å². The van der Waals surface area contributed by atoms with Gasteiger partial charge in [0, 0.05) is 32.7 Å². The van der Waals surface area contributed by atoms with Crippen LogP contribution in [-0.2, 0) is 11.8 Å². The second-order valence-electron chi connectivity index (χ2n) is 9.24. The van der Waals surface area contributed by atoms with Gasteiger partial charge in [-0.1, -0.05) is 39.0 Å². The van der Waals surface area contributed by atoms with Crippen LogP contribution in [0.3, 0.4) is 0 Å². The Balaban J connectivity index is 1.60. The molecule has 3 rings (SSSR count). The number of aliphatic hydroxyl groups excluding tert-OH is 1. The Hall–Kier alpha value is -2.57. The van der Waals surface area contributed by atoms with Gasteiger partial charge in [-0.25, -0.2) is 4.79 Å². The molecule has 0 spiro atoms. The molecule has 6 heteroatoms. The number of benzene rings is 2. The zero-order valence-corrected chi connectivity index (χ0v) is 19.0. The molecule has 0 saturated carbocycles. The van der Waals surface area contributed by atoms with E-state index in [1.165, 1.54) is 5.56 Å². The molecule has 31 heavy (non-hydrogen) atoms. The molecule has 1 atom stereocenters. The molecule has 1 aliphatic rings. The highest BCUT2D eigenvalue weighted by Crippen LogP contribution is 2.30. The molecule has 168 valence electrons. The lowest BCUT2D eigenvalue weighted by Crippen LogP contribution is -2.49. The van der Waals surface area contributed by atoms with E-state index in [4.69, 9.17) is 4.74 Å². The number of anilines is 1. The predicted octanol–water partition coefficient (Wildman–Crippen LogP) is 3.42. The average molecular weight is 427 g/mol. The van der Waals surface area contributed by atoms with Crippen molar-refractivity contribution in [2.24, 2.45) is 0 Å². The molecule has 2 N–H and O–H groups in total. The van der Waals surface area contributed by atoms with E-state index < -0.39 is 12.1 Å². The molecule has 2 aromatic carbocycles. The van der Waals surface area contributed by atoms with Crippen LogP contribution in [0.4, 0.5) is 5.69 Å². The molecule has 6 nitrogen and oxygen atoms in total. The first-order valence-corrected chi connectivity index (χ1v) is 10.8. The van der Waals surface area contributed by atoms with Crippen LogP contribution >= 0.6 is 0 Å². The van der Waals surface area contributed by atoms with Crippen molar-refractivity contribution in [3.63, 3.8) is 0 Å². The van der Waals surface area contributed by atoms with Gasteiger partial charge in [-0.15, -0.1) is 0 Å². The fourth-order valence-corrected chi connectivity index (χ4v) is 4.28. The molecule has 1 saturated heterocycles. The van der Waals surface area contributed by atoms with E-state index in [1.807, 2.05) is 18.2 Å². The average Bonchev–Trinajstić information content (AvgIpc) is 2.73. The number of β-amino-alcohol motifs (C(OH)–C–C–N with tert-alkyl or cyclic N) is 1. The minimum atomic E-state index is -0.900. The summed E-state index contributed by atoms with van der Waals surface area (Å²) in [6, 6.07) is 13.2. The second-order valence-corrected chi connectivity index (χ2v) is 9.24. The number of carboxylic acids is 1. The number of piperazine rings is 1. The van der Waals surface area contributed by atoms with Crippen LogP contribution in [0.2, 0.25) is 0 Å². The minimum Gasteiger partial charge on any atom is -0.497 e. The molecule has 0 radical (unpaired) electrons. The fraction of sp³-hybridized carbons (Fsp3) is 0.480. The van der Waals surface area contributed by atoms with Crippen molar-refractivity contribution < 1.29 is 19.7 Å². The third-order valence-corrected chi connectivity index (χ3v) is 5.90. The van der Waals surface area contributed by atoms with Gasteiger partial charge in [0.1, 0.15) is 5.75 Å². The lowest BCUT2D eigenvalue weighted by atomic mass is 9.82. The first-order chi connectivity index (χ1) is 14.7. The standard InChI is InChI=1S/C25H34N2O4/c1-25(2,3)22-16-20(31-4)10-9-18(22)15-19(28)17-26-11-13-27(14-12-26)23-8-6-5-7-21(23)24(29)30/h5-10,16,19,28H,11-15,17H2,1-4H3,(H,29,30). The molecule has 1 fully saturated rings. The summed E-state index contributed by atoms with van der Waals surface area (Å²) in [4.78, 5) is 15.9. The number of carbonyl (C=O) groups is 1. The van der Waals surface area contributed by atoms with Crippen LogP contribution in [0.15, 0.2) is 42.5 Å². The molecule has 2 aromatic rings. The molecular weight excluding hydrogens is 392 g/mol. The van der Waals surface area contributed by atoms with Gasteiger partial charge in [-0.3, -0.25) is 4.90 Å². The monoisotopic (exact) mass is 426 g/mol. The summed E-state index contributed by atoms with van der Waals surface area (Å²) in [6.45, 7) is 10.2. The highest BCUT2D eigenvalue weighted by atomic mass is 16.5. The van der Waals surface area contributed by atoms with Crippen molar-refractivity contribution in [2.45, 2.75) is 38.7 Å². The summed E-state index contributed by atoms with van der Waals surface area (Å²) in [5.41, 5.74) is 3.41. The number of methoxy groups -OCH3 is 1. The molecule has 1 heterocycles. The number of hydrogen-bond donors (Lipinski definition) is 2. The second kappa shape index (κ2) is 9.71. The molecule has 0 aromatic heterocycles. The van der Waals surface area contributed by atoms with Gasteiger partial charge in [-0.2, -0.15) is 0 Å². The predicted molar refractivity (Wildman–Crippen MR) is 123 cm³/mol. The van der Waals surface area contributed by atoms with Gasteiger partial charge >= 0.3 is 5.97 Å². The third kappa shape index (κ3) is 5.77. The first-order valence-electron chi connectivity index (χ1n) is 10.8. The maximum atomic E-state index is 11.5. The van der Waals surface area contributed by atoms with Crippen molar-refractivity contribution in [3.05, 3.63) is 59.2 Å². The Kier molecular flexibility index (Phi) is 7.23. The van der Waals surface area contributed by atoms with Gasteiger partial charge < -0.3 is 19.8 Å². The molecule has 0 aliphatic carbocycles. The summed E-state index contributed by atoms with van der Waals surface area (Å²) < 4.78 is 5.39. The largest absolute Gasteiger partial charge is 0.497 e. The van der Waals surface area contributed by atoms with Gasteiger partial charge in [-0.05, 0) is 47.2 Å². The first kappa shape index (κ1) is 23.1. The number of ether oxygens (including phenoxy) is 1. The summed E-state index contributed by atoms with van der Waals surface area (Å²) in [5, 5.41) is 20.2. The zero-order chi connectivity index (χ0) is 22.6. The number of aliphatic hydroxyl groups is 1. The highest BCUT2D eigenvalue weighted by Gasteiger charge is 2.24. The van der Waals surface area contributed by atoms with Crippen molar-refractivity contribution >= 4 is 11.7 Å². The highest BCUT2D eigenvalue weighted by molar-refractivity contribution is 5.94. The Morgan fingerprint density at radius 1 is 1.10 bits per heavy atom. The summed E-state index contributed by atoms with van der Waals surface area (Å²) in [7, 11) is 1.67. The number of carboxylic acid groups (broad SMARTS) is 1. The van der Waals surface area contributed by atoms with Crippen molar-refractivity contribution in [1.82, 2.24) is 4.90 Å². The van der Waals surface area contributed by atoms with Gasteiger partial charge in [0.2, 0.25) is 0 Å². The molecule has 0 amide bonds. The van der Waals surface area contributed by atoms with E-state index >= 15 is 0 Å². The zero-order valence-electron chi connectivity index (χ0n) is 19.0. The van der Waals surface area contributed by atoms with E-state index in [9.17, 15) is 15.0 Å². The third-order valence-electron chi connectivity index (χ3n) is 5.90. The quantitative estimate of drug-likeness (QED) is 0.707. The summed E-state index contributed by atoms with van der Waals surface area (Å²) in [5.74, 6) is -0.0662. The Bertz CT molecular complexity index is 899. The molecule has 1 unspecified atom stereocenters. The normalized spacial score (nSPS) is 16.2. The number of para-hydroxylation sites is 1. The molecule has 0 bridgehead atoms. The van der Waals surface area contributed by atoms with Crippen LogP contribution in [0.1, 0.15) is 42.3 Å². The van der Waals surface area contributed by atoms with Crippen LogP contribution in [0.5, 0.6) is 5.75 Å². The van der Waals surface area contributed by atoms with E-state index in [2.05, 4.69) is 42.7 Å². The molecule has 1 aliphatic heterocycles. The van der Waals surface area contributed by atoms with E-state index in [-0.39, 0.29) is 5.41 Å². The van der Waals surface area contributed by atoms with E-state index in [0.717, 1.165) is 43.2 Å². The topological polar surface area (TPSA) is 73.2 Å². The van der Waals surface area contributed by atoms with Crippen molar-refractivity contribution in [1.29, 1.82) is 0 Å². The van der Waals surface area contributed by atoms with Crippen LogP contribution < -0.4 is 9.64 Å². The number of aromatic carboxylic acids is 1. The summed E-state index contributed by atoms with van der Waals surface area (Å²) >= 11 is 0. The maximum Gasteiger partial charge on any atom is 0.337 e. The smallest absolute Gasteiger partial charge is 0.337 e. The lowest BCUT2D eigenvalue weighted by molar-refractivity contribution is 0.0697. The van der Waals surface area contributed by atoms with E-state index in [1.54, 1.807) is 19.2 Å². The van der Waals surface area contributed by atoms with E-state index in [0.29, 0.717) is 18.5 Å². The van der Waals surface area contributed by atoms with Crippen molar-refractivity contribution in [2.75, 3.05) is 44.7 Å². The number of nitrogens with zero attached hydrogens (tertiary/aromatic N) is 2. The Morgan fingerprint density at radius 3 is 2.39 bits per heavy atom.